The molecule has 112 valence electrons. The van der Waals surface area contributed by atoms with E-state index in [9.17, 15) is 4.79 Å². The normalized spacial score (nSPS) is 17.8. The summed E-state index contributed by atoms with van der Waals surface area (Å²) in [7, 11) is 0. The molecule has 1 aliphatic rings. The first-order valence-corrected chi connectivity index (χ1v) is 6.41. The lowest BCUT2D eigenvalue weighted by molar-refractivity contribution is -0.120. The first kappa shape index (κ1) is 15.4. The number of hydrogen-bond donors (Lipinski definition) is 3. The van der Waals surface area contributed by atoms with Crippen molar-refractivity contribution in [2.75, 3.05) is 25.1 Å². The second-order valence-electron chi connectivity index (χ2n) is 4.48. The van der Waals surface area contributed by atoms with E-state index in [2.05, 4.69) is 25.8 Å². The first-order valence-electron chi connectivity index (χ1n) is 6.41. The summed E-state index contributed by atoms with van der Waals surface area (Å²) in [5, 5.41) is 12.6. The van der Waals surface area contributed by atoms with Crippen LogP contribution in [0.15, 0.2) is 30.6 Å². The van der Waals surface area contributed by atoms with Crippen LogP contribution in [0.25, 0.3) is 11.4 Å². The molecule has 0 aliphatic carbocycles. The lowest BCUT2D eigenvalue weighted by Gasteiger charge is -2.22. The van der Waals surface area contributed by atoms with Crippen molar-refractivity contribution in [3.63, 3.8) is 0 Å². The second kappa shape index (κ2) is 7.16. The summed E-state index contributed by atoms with van der Waals surface area (Å²) in [6.45, 7) is 1.75. The van der Waals surface area contributed by atoms with Crippen molar-refractivity contribution in [3.8, 4) is 11.4 Å². The van der Waals surface area contributed by atoms with Crippen LogP contribution in [0.2, 0.25) is 0 Å². The third-order valence-corrected chi connectivity index (χ3v) is 3.08. The molecule has 1 amide bonds. The van der Waals surface area contributed by atoms with Gasteiger partial charge in [-0.15, -0.1) is 12.4 Å². The largest absolute Gasteiger partial charge is 0.378 e. The number of carbonyl (C=O) groups excluding carboxylic acids is 1. The Hall–Kier alpha value is -1.96. The lowest BCUT2D eigenvalue weighted by Crippen LogP contribution is -2.48. The van der Waals surface area contributed by atoms with E-state index in [1.807, 2.05) is 24.3 Å². The summed E-state index contributed by atoms with van der Waals surface area (Å²) in [5.41, 5.74) is 1.66. The van der Waals surface area contributed by atoms with Gasteiger partial charge in [-0.25, -0.2) is 4.98 Å². The van der Waals surface area contributed by atoms with E-state index >= 15 is 0 Å². The van der Waals surface area contributed by atoms with Crippen LogP contribution in [-0.2, 0) is 9.53 Å². The van der Waals surface area contributed by atoms with Crippen molar-refractivity contribution in [1.29, 1.82) is 0 Å². The Morgan fingerprint density at radius 2 is 2.14 bits per heavy atom. The van der Waals surface area contributed by atoms with Gasteiger partial charge in [0.05, 0.1) is 13.2 Å². The highest BCUT2D eigenvalue weighted by Crippen LogP contribution is 2.17. The Kier molecular flexibility index (Phi) is 5.26. The van der Waals surface area contributed by atoms with Crippen molar-refractivity contribution in [3.05, 3.63) is 30.6 Å². The smallest absolute Gasteiger partial charge is 0.243 e. The molecule has 0 saturated carbocycles. The van der Waals surface area contributed by atoms with Crippen LogP contribution < -0.4 is 10.6 Å². The monoisotopic (exact) mass is 309 g/mol. The molecule has 1 aliphatic heterocycles. The third kappa shape index (κ3) is 3.78. The molecule has 1 atom stereocenters. The summed E-state index contributed by atoms with van der Waals surface area (Å²) < 4.78 is 5.27. The van der Waals surface area contributed by atoms with E-state index < -0.39 is 0 Å². The molecule has 1 fully saturated rings. The molecule has 1 aromatic carbocycles. The first-order chi connectivity index (χ1) is 9.83. The van der Waals surface area contributed by atoms with Gasteiger partial charge in [0.1, 0.15) is 12.4 Å². The van der Waals surface area contributed by atoms with Crippen LogP contribution in [0.5, 0.6) is 0 Å². The molecule has 21 heavy (non-hydrogen) atoms. The van der Waals surface area contributed by atoms with Crippen LogP contribution in [0, 0.1) is 0 Å². The van der Waals surface area contributed by atoms with Gasteiger partial charge in [-0.1, -0.05) is 0 Å². The van der Waals surface area contributed by atoms with Crippen molar-refractivity contribution >= 4 is 24.0 Å². The zero-order valence-corrected chi connectivity index (χ0v) is 12.0. The van der Waals surface area contributed by atoms with E-state index in [-0.39, 0.29) is 24.4 Å². The van der Waals surface area contributed by atoms with E-state index in [0.717, 1.165) is 11.3 Å². The van der Waals surface area contributed by atoms with Crippen LogP contribution in [0.3, 0.4) is 0 Å². The molecule has 3 N–H and O–H groups in total. The Morgan fingerprint density at radius 3 is 2.76 bits per heavy atom. The maximum absolute atomic E-state index is 12.0. The number of amides is 1. The molecular weight excluding hydrogens is 294 g/mol. The molecule has 0 bridgehead atoms. The summed E-state index contributed by atoms with van der Waals surface area (Å²) in [6, 6.07) is 7.12. The zero-order valence-electron chi connectivity index (χ0n) is 11.2. The summed E-state index contributed by atoms with van der Waals surface area (Å²) in [5.74, 6) is 0.613. The standard InChI is InChI=1S/C13H15N5O2.ClH/c19-13(11-7-20-6-5-14-11)17-10-3-1-9(2-4-10)12-15-8-16-18-12;/h1-4,8,11,14H,5-7H2,(H,17,19)(H,15,16,18);1H. The SMILES string of the molecule is Cl.O=C(Nc1ccc(-c2ncn[nH]2)cc1)C1COCCN1. The number of halogens is 1. The number of aromatic amines is 1. The topological polar surface area (TPSA) is 91.9 Å². The van der Waals surface area contributed by atoms with Gasteiger partial charge in [-0.3, -0.25) is 9.89 Å². The number of nitrogens with zero attached hydrogens (tertiary/aromatic N) is 2. The lowest BCUT2D eigenvalue weighted by atomic mass is 10.2. The van der Waals surface area contributed by atoms with Crippen molar-refractivity contribution in [2.24, 2.45) is 0 Å². The van der Waals surface area contributed by atoms with Gasteiger partial charge in [0.15, 0.2) is 5.82 Å². The average Bonchev–Trinajstić information content (AvgIpc) is 3.03. The van der Waals surface area contributed by atoms with E-state index in [1.165, 1.54) is 6.33 Å². The molecule has 2 aromatic rings. The fraction of sp³-hybridized carbons (Fsp3) is 0.308. The van der Waals surface area contributed by atoms with Crippen molar-refractivity contribution < 1.29 is 9.53 Å². The fourth-order valence-corrected chi connectivity index (χ4v) is 2.02. The number of anilines is 1. The van der Waals surface area contributed by atoms with E-state index in [0.29, 0.717) is 25.6 Å². The predicted molar refractivity (Wildman–Crippen MR) is 80.3 cm³/mol. The predicted octanol–water partition coefficient (Wildman–Crippen LogP) is 0.820. The molecule has 7 nitrogen and oxygen atoms in total. The maximum atomic E-state index is 12.0. The van der Waals surface area contributed by atoms with Gasteiger partial charge in [0, 0.05) is 17.8 Å². The Bertz CT molecular complexity index is 567. The fourth-order valence-electron chi connectivity index (χ4n) is 2.02. The molecular formula is C13H16ClN5O2. The number of aromatic nitrogens is 3. The van der Waals surface area contributed by atoms with Crippen molar-refractivity contribution in [1.82, 2.24) is 20.5 Å². The number of ether oxygens (including phenoxy) is 1. The number of benzene rings is 1. The number of H-pyrrole nitrogens is 1. The Balaban J connectivity index is 0.00000161. The van der Waals surface area contributed by atoms with Gasteiger partial charge in [-0.2, -0.15) is 5.10 Å². The summed E-state index contributed by atoms with van der Waals surface area (Å²) in [6.07, 6.45) is 1.46. The molecule has 0 spiro atoms. The minimum Gasteiger partial charge on any atom is -0.378 e. The molecule has 3 rings (SSSR count). The minimum atomic E-state index is -0.294. The number of morpholine rings is 1. The van der Waals surface area contributed by atoms with Gasteiger partial charge in [-0.05, 0) is 24.3 Å². The van der Waals surface area contributed by atoms with Gasteiger partial charge >= 0.3 is 0 Å². The van der Waals surface area contributed by atoms with E-state index in [1.54, 1.807) is 0 Å². The Morgan fingerprint density at radius 1 is 1.33 bits per heavy atom. The van der Waals surface area contributed by atoms with Crippen LogP contribution >= 0.6 is 12.4 Å². The van der Waals surface area contributed by atoms with Crippen LogP contribution in [-0.4, -0.2) is 46.9 Å². The molecule has 8 heteroatoms. The quantitative estimate of drug-likeness (QED) is 0.781. The summed E-state index contributed by atoms with van der Waals surface area (Å²) >= 11 is 0. The van der Waals surface area contributed by atoms with Gasteiger partial charge in [0.25, 0.3) is 0 Å². The van der Waals surface area contributed by atoms with Crippen LogP contribution in [0.1, 0.15) is 0 Å². The highest BCUT2D eigenvalue weighted by molar-refractivity contribution is 5.95. The molecule has 1 saturated heterocycles. The van der Waals surface area contributed by atoms with E-state index in [4.69, 9.17) is 4.74 Å². The summed E-state index contributed by atoms with van der Waals surface area (Å²) in [4.78, 5) is 16.1. The zero-order chi connectivity index (χ0) is 13.8. The Labute approximate surface area is 127 Å². The van der Waals surface area contributed by atoms with Gasteiger partial charge < -0.3 is 15.4 Å². The number of nitrogens with one attached hydrogen (secondary N) is 3. The maximum Gasteiger partial charge on any atom is 0.243 e. The molecule has 1 unspecified atom stereocenters. The van der Waals surface area contributed by atoms with Crippen LogP contribution in [0.4, 0.5) is 5.69 Å². The number of rotatable bonds is 3. The average molecular weight is 310 g/mol. The second-order valence-corrected chi connectivity index (χ2v) is 4.48. The highest BCUT2D eigenvalue weighted by Gasteiger charge is 2.20. The highest BCUT2D eigenvalue weighted by atomic mass is 35.5. The number of carbonyl (C=O) groups is 1. The number of hydrogen-bond acceptors (Lipinski definition) is 5. The van der Waals surface area contributed by atoms with Crippen molar-refractivity contribution in [2.45, 2.75) is 6.04 Å². The molecule has 0 radical (unpaired) electrons. The van der Waals surface area contributed by atoms with Gasteiger partial charge in [0.2, 0.25) is 5.91 Å². The third-order valence-electron chi connectivity index (χ3n) is 3.08. The molecule has 2 heterocycles. The molecule has 1 aromatic heterocycles. The minimum absolute atomic E-state index is 0.